The number of nitrogens with zero attached hydrogens (tertiary/aromatic N) is 2. The molecule has 0 aliphatic carbocycles. The monoisotopic (exact) mass is 256 g/mol. The van der Waals surface area contributed by atoms with Gasteiger partial charge >= 0.3 is 0 Å². The van der Waals surface area contributed by atoms with Gasteiger partial charge in [0.2, 0.25) is 5.90 Å². The fourth-order valence-corrected chi connectivity index (χ4v) is 2.08. The number of benzene rings is 1. The molecule has 1 aliphatic heterocycles. The molecule has 1 aromatic carbocycles. The Kier molecular flexibility index (Phi) is 2.66. The van der Waals surface area contributed by atoms with Crippen LogP contribution >= 0.6 is 0 Å². The smallest absolute Gasteiger partial charge is 0.218 e. The van der Waals surface area contributed by atoms with Crippen molar-refractivity contribution in [2.24, 2.45) is 4.99 Å². The second kappa shape index (κ2) is 4.23. The Bertz CT molecular complexity index is 662. The Morgan fingerprint density at radius 2 is 2.11 bits per heavy atom. The lowest BCUT2D eigenvalue weighted by Gasteiger charge is -2.07. The molecule has 0 N–H and O–H groups in total. The maximum absolute atomic E-state index is 5.63. The van der Waals surface area contributed by atoms with Crippen LogP contribution in [0.4, 0.5) is 0 Å². The van der Waals surface area contributed by atoms with E-state index in [2.05, 4.69) is 23.8 Å². The first-order chi connectivity index (χ1) is 9.07. The molecule has 0 atom stereocenters. The number of pyridine rings is 1. The van der Waals surface area contributed by atoms with Crippen LogP contribution in [-0.4, -0.2) is 30.1 Å². The normalized spacial score (nSPS) is 17.1. The lowest BCUT2D eigenvalue weighted by atomic mass is 10.1. The quantitative estimate of drug-likeness (QED) is 0.829. The molecule has 19 heavy (non-hydrogen) atoms. The van der Waals surface area contributed by atoms with Crippen molar-refractivity contribution in [2.45, 2.75) is 19.4 Å². The summed E-state index contributed by atoms with van der Waals surface area (Å²) in [5, 5.41) is 1.05. The first-order valence-electron chi connectivity index (χ1n) is 6.24. The summed E-state index contributed by atoms with van der Waals surface area (Å²) in [5.74, 6) is 1.48. The molecule has 0 bridgehead atoms. The Morgan fingerprint density at radius 3 is 2.79 bits per heavy atom. The largest absolute Gasteiger partial charge is 0.497 e. The van der Waals surface area contributed by atoms with Crippen molar-refractivity contribution in [2.75, 3.05) is 13.7 Å². The zero-order chi connectivity index (χ0) is 13.5. The van der Waals surface area contributed by atoms with Gasteiger partial charge in [-0.2, -0.15) is 0 Å². The summed E-state index contributed by atoms with van der Waals surface area (Å²) in [6.45, 7) is 4.72. The molecule has 2 aromatic rings. The maximum Gasteiger partial charge on any atom is 0.218 e. The van der Waals surface area contributed by atoms with Crippen molar-refractivity contribution < 1.29 is 9.47 Å². The summed E-state index contributed by atoms with van der Waals surface area (Å²) in [6.07, 6.45) is 1.79. The Morgan fingerprint density at radius 1 is 1.26 bits per heavy atom. The zero-order valence-electron chi connectivity index (χ0n) is 11.3. The molecule has 98 valence electrons. The summed E-state index contributed by atoms with van der Waals surface area (Å²) < 4.78 is 10.8. The van der Waals surface area contributed by atoms with E-state index in [1.807, 2.05) is 24.3 Å². The van der Waals surface area contributed by atoms with Crippen LogP contribution < -0.4 is 4.74 Å². The molecule has 3 rings (SSSR count). The minimum atomic E-state index is -0.149. The molecular formula is C15H16N2O2. The number of aromatic nitrogens is 1. The third kappa shape index (κ3) is 2.26. The molecule has 4 nitrogen and oxygen atoms in total. The molecule has 0 saturated heterocycles. The lowest BCUT2D eigenvalue weighted by molar-refractivity contribution is 0.279. The van der Waals surface area contributed by atoms with E-state index < -0.39 is 0 Å². The van der Waals surface area contributed by atoms with E-state index >= 15 is 0 Å². The Labute approximate surface area is 112 Å². The first kappa shape index (κ1) is 12.0. The highest BCUT2D eigenvalue weighted by Crippen LogP contribution is 2.24. The topological polar surface area (TPSA) is 43.7 Å². The molecule has 0 fully saturated rings. The number of hydrogen-bond acceptors (Lipinski definition) is 4. The molecule has 2 heterocycles. The minimum absolute atomic E-state index is 0.149. The highest BCUT2D eigenvalue weighted by Gasteiger charge is 2.27. The third-order valence-electron chi connectivity index (χ3n) is 3.10. The highest BCUT2D eigenvalue weighted by molar-refractivity contribution is 5.98. The van der Waals surface area contributed by atoms with Crippen molar-refractivity contribution in [3.8, 4) is 5.75 Å². The summed E-state index contributed by atoms with van der Waals surface area (Å²) in [7, 11) is 1.65. The van der Waals surface area contributed by atoms with Crippen molar-refractivity contribution >= 4 is 16.8 Å². The minimum Gasteiger partial charge on any atom is -0.497 e. The van der Waals surface area contributed by atoms with Crippen LogP contribution in [0.5, 0.6) is 5.75 Å². The van der Waals surface area contributed by atoms with Gasteiger partial charge in [-0.05, 0) is 32.0 Å². The molecule has 0 unspecified atom stereocenters. The van der Waals surface area contributed by atoms with Gasteiger partial charge in [-0.25, -0.2) is 4.99 Å². The van der Waals surface area contributed by atoms with Gasteiger partial charge in [-0.15, -0.1) is 0 Å². The van der Waals surface area contributed by atoms with Crippen LogP contribution in [0, 0.1) is 0 Å². The number of aliphatic imine (C=N–C) groups is 1. The van der Waals surface area contributed by atoms with Gasteiger partial charge in [0.15, 0.2) is 0 Å². The van der Waals surface area contributed by atoms with E-state index in [9.17, 15) is 0 Å². The third-order valence-corrected chi connectivity index (χ3v) is 3.10. The Hall–Kier alpha value is -2.10. The standard InChI is InChI=1S/C15H16N2O2/c1-15(2)9-19-14(17-15)11-6-10-4-5-12(18-3)7-13(10)16-8-11/h4-8H,9H2,1-3H3. The molecule has 0 amide bonds. The predicted octanol–water partition coefficient (Wildman–Crippen LogP) is 2.80. The summed E-state index contributed by atoms with van der Waals surface area (Å²) in [6, 6.07) is 7.88. The van der Waals surface area contributed by atoms with E-state index in [1.54, 1.807) is 13.3 Å². The SMILES string of the molecule is COc1ccc2cc(C3=NC(C)(C)CO3)cnc2c1. The number of rotatable bonds is 2. The summed E-state index contributed by atoms with van der Waals surface area (Å²) >= 11 is 0. The van der Waals surface area contributed by atoms with Crippen LogP contribution in [0.3, 0.4) is 0 Å². The molecule has 1 aliphatic rings. The van der Waals surface area contributed by atoms with Crippen molar-refractivity contribution in [1.82, 2.24) is 4.98 Å². The summed E-state index contributed by atoms with van der Waals surface area (Å²) in [4.78, 5) is 9.00. The number of hydrogen-bond donors (Lipinski definition) is 0. The number of ether oxygens (including phenoxy) is 2. The molecule has 0 saturated carbocycles. The van der Waals surface area contributed by atoms with Crippen LogP contribution in [0.1, 0.15) is 19.4 Å². The summed E-state index contributed by atoms with van der Waals surface area (Å²) in [5.41, 5.74) is 1.67. The van der Waals surface area contributed by atoms with E-state index in [1.165, 1.54) is 0 Å². The first-order valence-corrected chi connectivity index (χ1v) is 6.24. The molecule has 0 spiro atoms. The van der Waals surface area contributed by atoms with Crippen LogP contribution in [0.15, 0.2) is 35.5 Å². The Balaban J connectivity index is 2.03. The van der Waals surface area contributed by atoms with Gasteiger partial charge in [0.1, 0.15) is 12.4 Å². The number of fused-ring (bicyclic) bond motifs is 1. The van der Waals surface area contributed by atoms with Gasteiger partial charge < -0.3 is 9.47 Å². The van der Waals surface area contributed by atoms with E-state index in [0.29, 0.717) is 12.5 Å². The van der Waals surface area contributed by atoms with E-state index in [-0.39, 0.29) is 5.54 Å². The van der Waals surface area contributed by atoms with E-state index in [0.717, 1.165) is 22.2 Å². The van der Waals surface area contributed by atoms with Crippen LogP contribution in [0.25, 0.3) is 10.9 Å². The van der Waals surface area contributed by atoms with E-state index in [4.69, 9.17) is 9.47 Å². The van der Waals surface area contributed by atoms with Crippen molar-refractivity contribution in [1.29, 1.82) is 0 Å². The van der Waals surface area contributed by atoms with Gasteiger partial charge in [0, 0.05) is 17.6 Å². The predicted molar refractivity (Wildman–Crippen MR) is 74.9 cm³/mol. The average molecular weight is 256 g/mol. The zero-order valence-corrected chi connectivity index (χ0v) is 11.3. The fourth-order valence-electron chi connectivity index (χ4n) is 2.08. The molecule has 0 radical (unpaired) electrons. The maximum atomic E-state index is 5.63. The van der Waals surface area contributed by atoms with Gasteiger partial charge in [-0.3, -0.25) is 4.98 Å². The average Bonchev–Trinajstić information content (AvgIpc) is 2.78. The van der Waals surface area contributed by atoms with Gasteiger partial charge in [0.25, 0.3) is 0 Å². The lowest BCUT2D eigenvalue weighted by Crippen LogP contribution is -2.17. The van der Waals surface area contributed by atoms with Gasteiger partial charge in [0.05, 0.1) is 23.7 Å². The molecular weight excluding hydrogens is 240 g/mol. The molecule has 4 heteroatoms. The fraction of sp³-hybridized carbons (Fsp3) is 0.333. The second-order valence-electron chi connectivity index (χ2n) is 5.30. The van der Waals surface area contributed by atoms with Crippen LogP contribution in [0.2, 0.25) is 0 Å². The number of methoxy groups -OCH3 is 1. The highest BCUT2D eigenvalue weighted by atomic mass is 16.5. The molecule has 1 aromatic heterocycles. The van der Waals surface area contributed by atoms with Crippen molar-refractivity contribution in [3.05, 3.63) is 36.0 Å². The van der Waals surface area contributed by atoms with Crippen molar-refractivity contribution in [3.63, 3.8) is 0 Å². The second-order valence-corrected chi connectivity index (χ2v) is 5.30. The van der Waals surface area contributed by atoms with Gasteiger partial charge in [-0.1, -0.05) is 0 Å². The van der Waals surface area contributed by atoms with Crippen LogP contribution in [-0.2, 0) is 4.74 Å².